The number of ether oxygens (including phenoxy) is 1. The third kappa shape index (κ3) is 1.55. The van der Waals surface area contributed by atoms with Crippen LogP contribution in [-0.2, 0) is 6.42 Å². The molecule has 1 aromatic heterocycles. The Morgan fingerprint density at radius 1 is 1.00 bits per heavy atom. The van der Waals surface area contributed by atoms with E-state index < -0.39 is 0 Å². The van der Waals surface area contributed by atoms with E-state index in [0.717, 1.165) is 30.8 Å². The van der Waals surface area contributed by atoms with E-state index in [9.17, 15) is 4.79 Å². The van der Waals surface area contributed by atoms with Crippen molar-refractivity contribution in [3.63, 3.8) is 0 Å². The minimum atomic E-state index is 0.0326. The van der Waals surface area contributed by atoms with Crippen LogP contribution >= 0.6 is 0 Å². The molecule has 0 fully saturated rings. The van der Waals surface area contributed by atoms with Crippen LogP contribution in [0.2, 0.25) is 0 Å². The molecule has 2 heterocycles. The zero-order valence-corrected chi connectivity index (χ0v) is 10.3. The first-order valence-corrected chi connectivity index (χ1v) is 6.44. The van der Waals surface area contributed by atoms with Gasteiger partial charge in [0.1, 0.15) is 16.9 Å². The Kier molecular flexibility index (Phi) is 2.15. The molecule has 1 aliphatic rings. The monoisotopic (exact) mass is 252 g/mol. The molecule has 4 rings (SSSR count). The molecule has 0 bridgehead atoms. The Morgan fingerprint density at radius 2 is 1.89 bits per heavy atom. The van der Waals surface area contributed by atoms with Crippen LogP contribution in [0.4, 0.5) is 0 Å². The van der Waals surface area contributed by atoms with Crippen molar-refractivity contribution in [2.45, 2.75) is 12.8 Å². The molecule has 0 saturated heterocycles. The second-order valence-electron chi connectivity index (χ2n) is 4.84. The van der Waals surface area contributed by atoms with Crippen molar-refractivity contribution in [3.8, 4) is 5.75 Å². The largest absolute Gasteiger partial charge is 0.493 e. The van der Waals surface area contributed by atoms with Gasteiger partial charge in [0.05, 0.1) is 17.4 Å². The number of hydrogen-bond acceptors (Lipinski definition) is 3. The normalized spacial score (nSPS) is 14.3. The zero-order chi connectivity index (χ0) is 12.8. The number of rotatable bonds is 0. The maximum absolute atomic E-state index is 12.5. The third-order valence-electron chi connectivity index (χ3n) is 3.61. The average Bonchev–Trinajstić information content (AvgIpc) is 2.46. The summed E-state index contributed by atoms with van der Waals surface area (Å²) in [7, 11) is 0. The van der Waals surface area contributed by atoms with Crippen molar-refractivity contribution in [1.82, 2.24) is 0 Å². The summed E-state index contributed by atoms with van der Waals surface area (Å²) in [6, 6.07) is 11.1. The minimum Gasteiger partial charge on any atom is -0.493 e. The molecule has 0 aliphatic carbocycles. The lowest BCUT2D eigenvalue weighted by molar-refractivity contribution is 0.288. The third-order valence-corrected chi connectivity index (χ3v) is 3.61. The van der Waals surface area contributed by atoms with Crippen LogP contribution in [0.1, 0.15) is 12.0 Å². The van der Waals surface area contributed by atoms with Gasteiger partial charge in [-0.25, -0.2) is 0 Å². The SMILES string of the molecule is O=c1c2ccccc2oc2cc3c(cc12)CCCO3. The van der Waals surface area contributed by atoms with E-state index in [0.29, 0.717) is 21.9 Å². The predicted octanol–water partition coefficient (Wildman–Crippen LogP) is 3.27. The molecule has 1 aliphatic heterocycles. The van der Waals surface area contributed by atoms with E-state index in [1.807, 2.05) is 30.3 Å². The topological polar surface area (TPSA) is 39.4 Å². The van der Waals surface area contributed by atoms with Gasteiger partial charge in [0.2, 0.25) is 5.43 Å². The molecule has 3 nitrogen and oxygen atoms in total. The van der Waals surface area contributed by atoms with E-state index in [1.165, 1.54) is 0 Å². The summed E-state index contributed by atoms with van der Waals surface area (Å²) in [5.74, 6) is 0.845. The second-order valence-corrected chi connectivity index (χ2v) is 4.84. The van der Waals surface area contributed by atoms with Crippen molar-refractivity contribution in [1.29, 1.82) is 0 Å². The molecule has 0 unspecified atom stereocenters. The van der Waals surface area contributed by atoms with E-state index in [-0.39, 0.29) is 5.43 Å². The average molecular weight is 252 g/mol. The number of hydrogen-bond donors (Lipinski definition) is 0. The highest BCUT2D eigenvalue weighted by Crippen LogP contribution is 2.30. The van der Waals surface area contributed by atoms with Gasteiger partial charge < -0.3 is 9.15 Å². The van der Waals surface area contributed by atoms with Crippen molar-refractivity contribution in [2.75, 3.05) is 6.61 Å². The highest BCUT2D eigenvalue weighted by atomic mass is 16.5. The molecule has 3 heteroatoms. The Balaban J connectivity index is 2.15. The predicted molar refractivity (Wildman–Crippen MR) is 73.8 cm³/mol. The highest BCUT2D eigenvalue weighted by Gasteiger charge is 2.15. The van der Waals surface area contributed by atoms with Crippen LogP contribution < -0.4 is 10.2 Å². The summed E-state index contributed by atoms with van der Waals surface area (Å²) in [4.78, 5) is 12.5. The molecule has 0 spiro atoms. The molecular formula is C16H12O3. The second kappa shape index (κ2) is 3.85. The molecule has 0 radical (unpaired) electrons. The van der Waals surface area contributed by atoms with Gasteiger partial charge in [-0.1, -0.05) is 12.1 Å². The first-order chi connectivity index (χ1) is 9.33. The van der Waals surface area contributed by atoms with Crippen LogP contribution in [0, 0.1) is 0 Å². The fourth-order valence-electron chi connectivity index (χ4n) is 2.65. The zero-order valence-electron chi connectivity index (χ0n) is 10.3. The molecule has 2 aromatic carbocycles. The van der Waals surface area contributed by atoms with Crippen molar-refractivity contribution in [3.05, 3.63) is 52.2 Å². The number of aryl methyl sites for hydroxylation is 1. The quantitative estimate of drug-likeness (QED) is 0.576. The molecular weight excluding hydrogens is 240 g/mol. The maximum atomic E-state index is 12.5. The number of fused-ring (bicyclic) bond motifs is 3. The summed E-state index contributed by atoms with van der Waals surface area (Å²) < 4.78 is 11.4. The first kappa shape index (κ1) is 10.6. The van der Waals surface area contributed by atoms with Gasteiger partial charge in [-0.15, -0.1) is 0 Å². The summed E-state index contributed by atoms with van der Waals surface area (Å²) >= 11 is 0. The van der Waals surface area contributed by atoms with Gasteiger partial charge >= 0.3 is 0 Å². The van der Waals surface area contributed by atoms with Gasteiger partial charge in [0.25, 0.3) is 0 Å². The standard InChI is InChI=1S/C16H12O3/c17-16-11-5-1-2-6-13(11)19-15-9-14-10(8-12(15)16)4-3-7-18-14/h1-2,5-6,8-9H,3-4,7H2. The van der Waals surface area contributed by atoms with E-state index >= 15 is 0 Å². The maximum Gasteiger partial charge on any atom is 0.200 e. The van der Waals surface area contributed by atoms with Gasteiger partial charge in [0.15, 0.2) is 0 Å². The Labute approximate surface area is 109 Å². The fourth-order valence-corrected chi connectivity index (χ4v) is 2.65. The molecule has 94 valence electrons. The lowest BCUT2D eigenvalue weighted by Crippen LogP contribution is -2.10. The van der Waals surface area contributed by atoms with Crippen molar-refractivity contribution < 1.29 is 9.15 Å². The van der Waals surface area contributed by atoms with Gasteiger partial charge in [-0.3, -0.25) is 4.79 Å². The van der Waals surface area contributed by atoms with Crippen molar-refractivity contribution in [2.24, 2.45) is 0 Å². The van der Waals surface area contributed by atoms with Gasteiger partial charge in [-0.05, 0) is 36.6 Å². The summed E-state index contributed by atoms with van der Waals surface area (Å²) in [5, 5.41) is 1.27. The Bertz CT molecular complexity index is 846. The van der Waals surface area contributed by atoms with E-state index in [4.69, 9.17) is 9.15 Å². The van der Waals surface area contributed by atoms with E-state index in [2.05, 4.69) is 0 Å². The number of para-hydroxylation sites is 1. The van der Waals surface area contributed by atoms with Crippen LogP contribution in [0.15, 0.2) is 45.6 Å². The van der Waals surface area contributed by atoms with Gasteiger partial charge in [-0.2, -0.15) is 0 Å². The first-order valence-electron chi connectivity index (χ1n) is 6.44. The van der Waals surface area contributed by atoms with Crippen LogP contribution in [-0.4, -0.2) is 6.61 Å². The molecule has 0 N–H and O–H groups in total. The summed E-state index contributed by atoms with van der Waals surface area (Å²) in [6.45, 7) is 0.732. The highest BCUT2D eigenvalue weighted by molar-refractivity contribution is 5.90. The lowest BCUT2D eigenvalue weighted by atomic mass is 10.0. The number of benzene rings is 2. The molecule has 19 heavy (non-hydrogen) atoms. The molecule has 3 aromatic rings. The molecule has 0 amide bonds. The van der Waals surface area contributed by atoms with Crippen molar-refractivity contribution >= 4 is 21.9 Å². The van der Waals surface area contributed by atoms with Crippen LogP contribution in [0.3, 0.4) is 0 Å². The summed E-state index contributed by atoms with van der Waals surface area (Å²) in [5.41, 5.74) is 2.35. The lowest BCUT2D eigenvalue weighted by Gasteiger charge is -2.17. The Morgan fingerprint density at radius 3 is 2.84 bits per heavy atom. The minimum absolute atomic E-state index is 0.0326. The van der Waals surface area contributed by atoms with Crippen LogP contribution in [0.5, 0.6) is 5.75 Å². The summed E-state index contributed by atoms with van der Waals surface area (Å²) in [6.07, 6.45) is 1.95. The molecule has 0 atom stereocenters. The van der Waals surface area contributed by atoms with Gasteiger partial charge in [0, 0.05) is 6.07 Å². The van der Waals surface area contributed by atoms with E-state index in [1.54, 1.807) is 6.07 Å². The smallest absolute Gasteiger partial charge is 0.200 e. The molecule has 0 saturated carbocycles. The fraction of sp³-hybridized carbons (Fsp3) is 0.188. The Hall–Kier alpha value is -2.29. The van der Waals surface area contributed by atoms with Crippen LogP contribution in [0.25, 0.3) is 21.9 Å².